The molecule has 1 saturated carbocycles. The van der Waals surface area contributed by atoms with Gasteiger partial charge < -0.3 is 16.0 Å². The first-order valence-electron chi connectivity index (χ1n) is 11.8. The minimum atomic E-state index is 0.0878. The summed E-state index contributed by atoms with van der Waals surface area (Å²) >= 11 is 0. The van der Waals surface area contributed by atoms with Gasteiger partial charge in [-0.3, -0.25) is 0 Å². The zero-order valence-corrected chi connectivity index (χ0v) is 18.2. The smallest absolute Gasteiger partial charge is 0.222 e. The third-order valence-electron chi connectivity index (χ3n) is 7.64. The quantitative estimate of drug-likeness (QED) is 0.769. The Balaban J connectivity index is 1.37. The molecular formula is C25H35N5. The summed E-state index contributed by atoms with van der Waals surface area (Å²) in [6, 6.07) is 11.5. The molecule has 5 rings (SSSR count). The maximum Gasteiger partial charge on any atom is 0.222 e. The first kappa shape index (κ1) is 19.8. The topological polar surface area (TPSA) is 67.1 Å². The molecular weight excluding hydrogens is 370 g/mol. The van der Waals surface area contributed by atoms with Gasteiger partial charge in [-0.1, -0.05) is 30.3 Å². The third-order valence-corrected chi connectivity index (χ3v) is 7.64. The highest BCUT2D eigenvalue weighted by molar-refractivity contribution is 5.54. The summed E-state index contributed by atoms with van der Waals surface area (Å²) in [5, 5.41) is 3.86. The molecule has 1 unspecified atom stereocenters. The van der Waals surface area contributed by atoms with Crippen LogP contribution in [0.25, 0.3) is 0 Å². The van der Waals surface area contributed by atoms with E-state index in [1.54, 1.807) is 0 Å². The Morgan fingerprint density at radius 2 is 1.73 bits per heavy atom. The first-order chi connectivity index (χ1) is 14.6. The SMILES string of the molecule is CC1(Nc2nc(N)nc3c2CCCC3c2ccccc2)CCC(N2CCCC2)CC1. The van der Waals surface area contributed by atoms with Crippen LogP contribution < -0.4 is 11.1 Å². The molecule has 160 valence electrons. The molecule has 30 heavy (non-hydrogen) atoms. The van der Waals surface area contributed by atoms with Crippen molar-refractivity contribution in [3.8, 4) is 0 Å². The summed E-state index contributed by atoms with van der Waals surface area (Å²) < 4.78 is 0. The number of likely N-dealkylation sites (tertiary alicyclic amines) is 1. The van der Waals surface area contributed by atoms with Crippen LogP contribution in [0.3, 0.4) is 0 Å². The van der Waals surface area contributed by atoms with Crippen LogP contribution in [0.15, 0.2) is 30.3 Å². The summed E-state index contributed by atoms with van der Waals surface area (Å²) in [4.78, 5) is 12.1. The zero-order chi connectivity index (χ0) is 20.6. The summed E-state index contributed by atoms with van der Waals surface area (Å²) in [5.74, 6) is 1.70. The Hall–Kier alpha value is -2.14. The highest BCUT2D eigenvalue weighted by Gasteiger charge is 2.36. The lowest BCUT2D eigenvalue weighted by Gasteiger charge is -2.42. The van der Waals surface area contributed by atoms with Gasteiger partial charge in [-0.15, -0.1) is 0 Å². The number of nitrogens with one attached hydrogen (secondary N) is 1. The van der Waals surface area contributed by atoms with Crippen LogP contribution in [0.1, 0.15) is 81.0 Å². The molecule has 1 saturated heterocycles. The molecule has 1 aliphatic heterocycles. The van der Waals surface area contributed by atoms with Crippen molar-refractivity contribution in [3.05, 3.63) is 47.2 Å². The van der Waals surface area contributed by atoms with E-state index < -0.39 is 0 Å². The number of hydrogen-bond acceptors (Lipinski definition) is 5. The Morgan fingerprint density at radius 1 is 1.00 bits per heavy atom. The zero-order valence-electron chi connectivity index (χ0n) is 18.2. The van der Waals surface area contributed by atoms with E-state index in [9.17, 15) is 0 Å². The Kier molecular flexibility index (Phi) is 5.40. The molecule has 0 radical (unpaired) electrons. The lowest BCUT2D eigenvalue weighted by molar-refractivity contribution is 0.163. The molecule has 1 aromatic heterocycles. The van der Waals surface area contributed by atoms with Gasteiger partial charge in [0, 0.05) is 23.1 Å². The van der Waals surface area contributed by atoms with E-state index in [4.69, 9.17) is 15.7 Å². The van der Waals surface area contributed by atoms with Gasteiger partial charge in [-0.2, -0.15) is 4.98 Å². The molecule has 1 aromatic carbocycles. The van der Waals surface area contributed by atoms with Crippen LogP contribution in [0.5, 0.6) is 0 Å². The van der Waals surface area contributed by atoms with Crippen molar-refractivity contribution < 1.29 is 0 Å². The molecule has 0 spiro atoms. The van der Waals surface area contributed by atoms with Gasteiger partial charge in [0.2, 0.25) is 5.95 Å². The summed E-state index contributed by atoms with van der Waals surface area (Å²) in [6.07, 6.45) is 11.0. The van der Waals surface area contributed by atoms with Crippen molar-refractivity contribution >= 4 is 11.8 Å². The van der Waals surface area contributed by atoms with Crippen molar-refractivity contribution in [2.45, 2.75) is 82.2 Å². The maximum absolute atomic E-state index is 6.21. The average Bonchev–Trinajstić information content (AvgIpc) is 3.29. The van der Waals surface area contributed by atoms with Crippen LogP contribution in [-0.2, 0) is 6.42 Å². The Morgan fingerprint density at radius 3 is 2.47 bits per heavy atom. The van der Waals surface area contributed by atoms with Crippen molar-refractivity contribution in [3.63, 3.8) is 0 Å². The second kappa shape index (κ2) is 8.18. The van der Waals surface area contributed by atoms with Gasteiger partial charge in [0.15, 0.2) is 0 Å². The lowest BCUT2D eigenvalue weighted by atomic mass is 9.79. The van der Waals surface area contributed by atoms with Gasteiger partial charge in [0.25, 0.3) is 0 Å². The molecule has 5 nitrogen and oxygen atoms in total. The highest BCUT2D eigenvalue weighted by atomic mass is 15.2. The van der Waals surface area contributed by atoms with E-state index in [1.165, 1.54) is 69.2 Å². The minimum absolute atomic E-state index is 0.0878. The van der Waals surface area contributed by atoms with Crippen LogP contribution in [0, 0.1) is 0 Å². The highest BCUT2D eigenvalue weighted by Crippen LogP contribution is 2.40. The molecule has 2 fully saturated rings. The Bertz CT molecular complexity index is 867. The van der Waals surface area contributed by atoms with E-state index in [2.05, 4.69) is 47.5 Å². The number of nitrogens with two attached hydrogens (primary N) is 1. The normalized spacial score (nSPS) is 29.5. The van der Waals surface area contributed by atoms with Crippen molar-refractivity contribution in [2.24, 2.45) is 0 Å². The number of anilines is 2. The number of rotatable bonds is 4. The molecule has 2 aromatic rings. The second-order valence-corrected chi connectivity index (χ2v) is 9.81. The molecule has 3 aliphatic rings. The summed E-state index contributed by atoms with van der Waals surface area (Å²) in [6.45, 7) is 4.96. The maximum atomic E-state index is 6.21. The van der Waals surface area contributed by atoms with E-state index in [1.807, 2.05) is 0 Å². The first-order valence-corrected chi connectivity index (χ1v) is 11.8. The monoisotopic (exact) mass is 405 g/mol. The molecule has 0 amide bonds. The van der Waals surface area contributed by atoms with Crippen LogP contribution in [0.4, 0.5) is 11.8 Å². The van der Waals surface area contributed by atoms with Gasteiger partial charge in [-0.25, -0.2) is 4.98 Å². The lowest BCUT2D eigenvalue weighted by Crippen LogP contribution is -2.45. The predicted octanol–water partition coefficient (Wildman–Crippen LogP) is 4.74. The molecule has 3 N–H and O–H groups in total. The largest absolute Gasteiger partial charge is 0.368 e. The van der Waals surface area contributed by atoms with Gasteiger partial charge >= 0.3 is 0 Å². The van der Waals surface area contributed by atoms with Gasteiger partial charge in [-0.05, 0) is 83.4 Å². The fraction of sp³-hybridized carbons (Fsp3) is 0.600. The molecule has 5 heteroatoms. The van der Waals surface area contributed by atoms with Crippen LogP contribution in [0.2, 0.25) is 0 Å². The van der Waals surface area contributed by atoms with Gasteiger partial charge in [0.1, 0.15) is 5.82 Å². The van der Waals surface area contributed by atoms with Crippen LogP contribution in [-0.4, -0.2) is 39.5 Å². The standard InChI is InChI=1S/C25H35N5/c1-25(14-12-19(13-15-25)30-16-5-6-17-30)29-23-21-11-7-10-20(18-8-3-2-4-9-18)22(21)27-24(26)28-23/h2-4,8-9,19-20H,5-7,10-17H2,1H3,(H3,26,27,28,29). The van der Waals surface area contributed by atoms with Crippen molar-refractivity contribution in [1.29, 1.82) is 0 Å². The minimum Gasteiger partial charge on any atom is -0.368 e. The van der Waals surface area contributed by atoms with E-state index in [0.29, 0.717) is 11.9 Å². The fourth-order valence-electron chi connectivity index (χ4n) is 5.91. The van der Waals surface area contributed by atoms with Crippen molar-refractivity contribution in [2.75, 3.05) is 24.1 Å². The number of aromatic nitrogens is 2. The number of hydrogen-bond donors (Lipinski definition) is 2. The average molecular weight is 406 g/mol. The van der Waals surface area contributed by atoms with Gasteiger partial charge in [0.05, 0.1) is 5.69 Å². The van der Waals surface area contributed by atoms with Crippen molar-refractivity contribution in [1.82, 2.24) is 14.9 Å². The Labute approximate surface area is 180 Å². The number of fused-ring (bicyclic) bond motifs is 1. The van der Waals surface area contributed by atoms with E-state index in [0.717, 1.165) is 30.4 Å². The molecule has 1 atom stereocenters. The fourth-order valence-corrected chi connectivity index (χ4v) is 5.91. The predicted molar refractivity (Wildman–Crippen MR) is 123 cm³/mol. The summed E-state index contributed by atoms with van der Waals surface area (Å²) in [5.41, 5.74) is 10.0. The van der Waals surface area contributed by atoms with E-state index >= 15 is 0 Å². The molecule has 0 bridgehead atoms. The molecule has 2 heterocycles. The van der Waals surface area contributed by atoms with E-state index in [-0.39, 0.29) is 5.54 Å². The molecule has 2 aliphatic carbocycles. The number of nitrogens with zero attached hydrogens (tertiary/aromatic N) is 3. The number of nitrogen functional groups attached to an aromatic ring is 1. The third kappa shape index (κ3) is 3.92. The number of benzene rings is 1. The van der Waals surface area contributed by atoms with Crippen LogP contribution >= 0.6 is 0 Å². The summed E-state index contributed by atoms with van der Waals surface area (Å²) in [7, 11) is 0. The second-order valence-electron chi connectivity index (χ2n) is 9.81.